The molecule has 0 radical (unpaired) electrons. The third-order valence-corrected chi connectivity index (χ3v) is 0.759. The molecule has 1 rings (SSSR count). The Kier molecular flexibility index (Phi) is 1.67. The highest BCUT2D eigenvalue weighted by Crippen LogP contribution is 1.78. The topological polar surface area (TPSA) is 62.2 Å². The molecule has 1 aromatic rings. The number of hydrogen-bond acceptors (Lipinski definition) is 2. The van der Waals surface area contributed by atoms with E-state index in [2.05, 4.69) is 14.8 Å². The second-order valence-electron chi connectivity index (χ2n) is 1.35. The van der Waals surface area contributed by atoms with Crippen LogP contribution in [0.2, 0.25) is 0 Å². The van der Waals surface area contributed by atoms with Crippen LogP contribution in [0.15, 0.2) is 18.5 Å². The van der Waals surface area contributed by atoms with Crippen molar-refractivity contribution in [2.24, 2.45) is 0 Å². The molecule has 0 aliphatic heterocycles. The summed E-state index contributed by atoms with van der Waals surface area (Å²) in [7, 11) is 0. The third-order valence-electron chi connectivity index (χ3n) is 0.759. The van der Waals surface area contributed by atoms with Crippen LogP contribution in [0.3, 0.4) is 0 Å². The quantitative estimate of drug-likeness (QED) is 0.300. The maximum absolute atomic E-state index is 8.01. The van der Waals surface area contributed by atoms with E-state index in [1.165, 1.54) is 6.21 Å². The first kappa shape index (κ1) is 5.59. The van der Waals surface area contributed by atoms with Crippen molar-refractivity contribution in [2.45, 2.75) is 0 Å². The highest BCUT2D eigenvalue weighted by molar-refractivity contribution is 5.68. The van der Waals surface area contributed by atoms with Gasteiger partial charge in [-0.15, -0.1) is 0 Å². The zero-order valence-corrected chi connectivity index (χ0v) is 4.60. The molecule has 0 aliphatic carbocycles. The molecule has 0 aliphatic rings. The van der Waals surface area contributed by atoms with Gasteiger partial charge in [0.15, 0.2) is 0 Å². The molecule has 0 amide bonds. The van der Waals surface area contributed by atoms with Crippen molar-refractivity contribution in [3.8, 4) is 0 Å². The van der Waals surface area contributed by atoms with Gasteiger partial charge in [0, 0.05) is 12.4 Å². The highest BCUT2D eigenvalue weighted by Gasteiger charge is 1.89. The van der Waals surface area contributed by atoms with E-state index in [1.54, 1.807) is 18.5 Å². The molecule has 0 aromatic carbocycles. The monoisotopic (exact) mass is 120 g/mol. The van der Waals surface area contributed by atoms with Gasteiger partial charge in [-0.3, -0.25) is 0 Å². The van der Waals surface area contributed by atoms with Crippen LogP contribution in [0, 0.1) is 0 Å². The third kappa shape index (κ3) is 1.44. The zero-order chi connectivity index (χ0) is 6.53. The first-order valence-electron chi connectivity index (χ1n) is 2.38. The van der Waals surface area contributed by atoms with Crippen molar-refractivity contribution in [1.29, 1.82) is 0 Å². The molecule has 0 spiro atoms. The molecule has 0 saturated heterocycles. The standard InChI is InChI=1S/C5H4N4/c6-9-4-5-7-2-1-3-8-5/h1-4H. The van der Waals surface area contributed by atoms with Crippen molar-refractivity contribution in [3.05, 3.63) is 29.8 Å². The Morgan fingerprint density at radius 3 is 2.67 bits per heavy atom. The Bertz CT molecular complexity index is 224. The Morgan fingerprint density at radius 1 is 1.44 bits per heavy atom. The average Bonchev–Trinajstić information content (AvgIpc) is 1.91. The van der Waals surface area contributed by atoms with E-state index in [9.17, 15) is 0 Å². The minimum Gasteiger partial charge on any atom is -0.361 e. The summed E-state index contributed by atoms with van der Waals surface area (Å²) in [6, 6.07) is 1.69. The van der Waals surface area contributed by atoms with Gasteiger partial charge in [0.2, 0.25) is 5.82 Å². The van der Waals surface area contributed by atoms with E-state index >= 15 is 0 Å². The van der Waals surface area contributed by atoms with Gasteiger partial charge in [0.1, 0.15) is 0 Å². The summed E-state index contributed by atoms with van der Waals surface area (Å²) in [5, 5.41) is 0. The Morgan fingerprint density at radius 2 is 2.11 bits per heavy atom. The van der Waals surface area contributed by atoms with E-state index < -0.39 is 0 Å². The molecule has 1 aromatic heterocycles. The molecule has 0 bridgehead atoms. The predicted octanol–water partition coefficient (Wildman–Crippen LogP) is 0.125. The number of aromatic nitrogens is 2. The summed E-state index contributed by atoms with van der Waals surface area (Å²) in [4.78, 5) is 10.3. The van der Waals surface area contributed by atoms with Crippen LogP contribution in [-0.2, 0) is 0 Å². The fourth-order valence-electron chi connectivity index (χ4n) is 0.429. The van der Waals surface area contributed by atoms with Crippen LogP contribution in [-0.4, -0.2) is 21.0 Å². The molecule has 0 saturated carbocycles. The predicted molar refractivity (Wildman–Crippen MR) is 30.8 cm³/mol. The number of nitrogens with zero attached hydrogens (tertiary/aromatic N) is 4. The maximum atomic E-state index is 8.01. The lowest BCUT2D eigenvalue weighted by atomic mass is 10.6. The smallest absolute Gasteiger partial charge is 0.324 e. The normalized spacial score (nSPS) is 8.00. The first-order valence-corrected chi connectivity index (χ1v) is 2.38. The van der Waals surface area contributed by atoms with Crippen LogP contribution in [0.5, 0.6) is 0 Å². The van der Waals surface area contributed by atoms with Crippen molar-refractivity contribution in [3.63, 3.8) is 0 Å². The van der Waals surface area contributed by atoms with Gasteiger partial charge >= 0.3 is 6.21 Å². The van der Waals surface area contributed by atoms with Gasteiger partial charge in [-0.05, 0) is 6.07 Å². The minimum absolute atomic E-state index is 0.403. The largest absolute Gasteiger partial charge is 0.361 e. The SMILES string of the molecule is [N-]=[N+]=Cc1ncccn1. The molecule has 4 nitrogen and oxygen atoms in total. The molecular formula is C5H4N4. The summed E-state index contributed by atoms with van der Waals surface area (Å²) in [5.41, 5.74) is 8.01. The second kappa shape index (κ2) is 2.69. The van der Waals surface area contributed by atoms with E-state index in [-0.39, 0.29) is 0 Å². The lowest BCUT2D eigenvalue weighted by molar-refractivity contribution is 0.00394. The lowest BCUT2D eigenvalue weighted by Gasteiger charge is -1.79. The number of rotatable bonds is 1. The molecule has 0 unspecified atom stereocenters. The molecule has 9 heavy (non-hydrogen) atoms. The summed E-state index contributed by atoms with van der Waals surface area (Å²) in [5.74, 6) is 0.403. The fourth-order valence-corrected chi connectivity index (χ4v) is 0.429. The lowest BCUT2D eigenvalue weighted by Crippen LogP contribution is -1.89. The molecule has 44 valence electrons. The van der Waals surface area contributed by atoms with E-state index in [0.717, 1.165) is 0 Å². The molecule has 4 heteroatoms. The Hall–Kier alpha value is -1.54. The molecule has 1 heterocycles. The van der Waals surface area contributed by atoms with Gasteiger partial charge in [-0.2, -0.15) is 4.79 Å². The highest BCUT2D eigenvalue weighted by atomic mass is 14.9. The first-order chi connectivity index (χ1) is 4.43. The van der Waals surface area contributed by atoms with E-state index in [4.69, 9.17) is 5.53 Å². The maximum Gasteiger partial charge on any atom is 0.324 e. The minimum atomic E-state index is 0.403. The zero-order valence-electron chi connectivity index (χ0n) is 4.60. The van der Waals surface area contributed by atoms with Crippen LogP contribution < -0.4 is 0 Å². The van der Waals surface area contributed by atoms with Crippen LogP contribution in [0.1, 0.15) is 5.82 Å². The van der Waals surface area contributed by atoms with Crippen molar-refractivity contribution in [2.75, 3.05) is 0 Å². The van der Waals surface area contributed by atoms with Crippen molar-refractivity contribution >= 4 is 6.21 Å². The van der Waals surface area contributed by atoms with E-state index in [1.807, 2.05) is 0 Å². The molecule has 0 atom stereocenters. The van der Waals surface area contributed by atoms with Crippen LogP contribution in [0.25, 0.3) is 5.53 Å². The Labute approximate surface area is 51.8 Å². The van der Waals surface area contributed by atoms with Gasteiger partial charge in [0.05, 0.1) is 0 Å². The van der Waals surface area contributed by atoms with Crippen LogP contribution in [0.4, 0.5) is 0 Å². The molecule has 0 N–H and O–H groups in total. The van der Waals surface area contributed by atoms with Gasteiger partial charge in [-0.1, -0.05) is 0 Å². The second-order valence-corrected chi connectivity index (χ2v) is 1.35. The summed E-state index contributed by atoms with van der Waals surface area (Å²) in [6.45, 7) is 0. The fraction of sp³-hybridized carbons (Fsp3) is 0. The summed E-state index contributed by atoms with van der Waals surface area (Å²) < 4.78 is 0. The van der Waals surface area contributed by atoms with E-state index in [0.29, 0.717) is 5.82 Å². The van der Waals surface area contributed by atoms with Crippen LogP contribution >= 0.6 is 0 Å². The van der Waals surface area contributed by atoms with Crippen molar-refractivity contribution < 1.29 is 4.79 Å². The van der Waals surface area contributed by atoms with Crippen molar-refractivity contribution in [1.82, 2.24) is 9.97 Å². The summed E-state index contributed by atoms with van der Waals surface area (Å²) in [6.07, 6.45) is 4.31. The summed E-state index contributed by atoms with van der Waals surface area (Å²) >= 11 is 0. The van der Waals surface area contributed by atoms with Gasteiger partial charge in [-0.25, -0.2) is 9.97 Å². The molecule has 0 fully saturated rings. The number of hydrogen-bond donors (Lipinski definition) is 0. The van der Waals surface area contributed by atoms with Gasteiger partial charge in [0.25, 0.3) is 0 Å². The van der Waals surface area contributed by atoms with Gasteiger partial charge < -0.3 is 5.53 Å². The average molecular weight is 120 g/mol. The molecular weight excluding hydrogens is 116 g/mol. The Balaban J connectivity index is 2.97.